The van der Waals surface area contributed by atoms with E-state index < -0.39 is 6.10 Å². The first kappa shape index (κ1) is 15.0. The van der Waals surface area contributed by atoms with E-state index in [0.717, 1.165) is 27.1 Å². The van der Waals surface area contributed by atoms with E-state index in [0.29, 0.717) is 6.54 Å². The average Bonchev–Trinajstić information content (AvgIpc) is 2.38. The van der Waals surface area contributed by atoms with Crippen LogP contribution in [-0.2, 0) is 6.54 Å². The summed E-state index contributed by atoms with van der Waals surface area (Å²) in [5, 5.41) is 9.92. The maximum Gasteiger partial charge on any atom is 0.0782 e. The van der Waals surface area contributed by atoms with Crippen LogP contribution >= 0.6 is 15.9 Å². The van der Waals surface area contributed by atoms with Crippen molar-refractivity contribution in [2.75, 3.05) is 11.9 Å². The summed E-state index contributed by atoms with van der Waals surface area (Å²) in [6, 6.07) is 12.0. The number of aliphatic hydroxyl groups is 1. The van der Waals surface area contributed by atoms with Crippen molar-refractivity contribution in [2.45, 2.75) is 26.5 Å². The number of halogens is 1. The van der Waals surface area contributed by atoms with Gasteiger partial charge in [0.2, 0.25) is 0 Å². The van der Waals surface area contributed by atoms with Crippen LogP contribution in [0.25, 0.3) is 0 Å². The van der Waals surface area contributed by atoms with Gasteiger partial charge in [-0.2, -0.15) is 0 Å². The Morgan fingerprint density at radius 2 is 2.05 bits per heavy atom. The highest BCUT2D eigenvalue weighted by molar-refractivity contribution is 9.10. The van der Waals surface area contributed by atoms with E-state index in [1.54, 1.807) is 6.92 Å². The van der Waals surface area contributed by atoms with Crippen molar-refractivity contribution < 1.29 is 5.11 Å². The van der Waals surface area contributed by atoms with Crippen LogP contribution in [0.1, 0.15) is 30.0 Å². The summed E-state index contributed by atoms with van der Waals surface area (Å²) in [6.45, 7) is 4.48. The van der Waals surface area contributed by atoms with Gasteiger partial charge in [-0.25, -0.2) is 0 Å². The van der Waals surface area contributed by atoms with E-state index >= 15 is 0 Å². The SMILES string of the molecule is Cc1cccc(CN(C)c2ccc(Br)cc2C(C)O)n1. The Balaban J connectivity index is 2.27. The summed E-state index contributed by atoms with van der Waals surface area (Å²) in [5.41, 5.74) is 3.97. The molecular formula is C16H19BrN2O. The van der Waals surface area contributed by atoms with E-state index in [-0.39, 0.29) is 0 Å². The van der Waals surface area contributed by atoms with Crippen LogP contribution in [0.4, 0.5) is 5.69 Å². The summed E-state index contributed by atoms with van der Waals surface area (Å²) >= 11 is 3.45. The molecule has 0 saturated carbocycles. The van der Waals surface area contributed by atoms with E-state index in [1.165, 1.54) is 0 Å². The number of aliphatic hydroxyl groups excluding tert-OH is 1. The van der Waals surface area contributed by atoms with E-state index in [4.69, 9.17) is 0 Å². The van der Waals surface area contributed by atoms with E-state index in [1.807, 2.05) is 50.4 Å². The summed E-state index contributed by atoms with van der Waals surface area (Å²) < 4.78 is 0.972. The Morgan fingerprint density at radius 3 is 2.70 bits per heavy atom. The average molecular weight is 335 g/mol. The maximum atomic E-state index is 9.92. The van der Waals surface area contributed by atoms with Gasteiger partial charge in [0.25, 0.3) is 0 Å². The molecule has 0 saturated heterocycles. The number of hydrogen-bond acceptors (Lipinski definition) is 3. The van der Waals surface area contributed by atoms with Crippen molar-refractivity contribution in [3.8, 4) is 0 Å². The molecule has 106 valence electrons. The second-order valence-electron chi connectivity index (χ2n) is 5.01. The maximum absolute atomic E-state index is 9.92. The number of rotatable bonds is 4. The second-order valence-corrected chi connectivity index (χ2v) is 5.92. The molecule has 1 aromatic carbocycles. The Morgan fingerprint density at radius 1 is 1.30 bits per heavy atom. The van der Waals surface area contributed by atoms with E-state index in [2.05, 4.69) is 25.8 Å². The van der Waals surface area contributed by atoms with Gasteiger partial charge in [-0.1, -0.05) is 22.0 Å². The van der Waals surface area contributed by atoms with Gasteiger partial charge >= 0.3 is 0 Å². The Bertz CT molecular complexity index is 599. The number of pyridine rings is 1. The lowest BCUT2D eigenvalue weighted by Gasteiger charge is -2.23. The van der Waals surface area contributed by atoms with Gasteiger partial charge in [-0.15, -0.1) is 0 Å². The fourth-order valence-electron chi connectivity index (χ4n) is 2.22. The van der Waals surface area contributed by atoms with Crippen molar-refractivity contribution in [1.29, 1.82) is 0 Å². The lowest BCUT2D eigenvalue weighted by molar-refractivity contribution is 0.199. The molecule has 0 aliphatic carbocycles. The highest BCUT2D eigenvalue weighted by Gasteiger charge is 2.13. The van der Waals surface area contributed by atoms with Crippen LogP contribution in [0.3, 0.4) is 0 Å². The Kier molecular flexibility index (Phi) is 4.78. The van der Waals surface area contributed by atoms with E-state index in [9.17, 15) is 5.11 Å². The molecule has 1 N–H and O–H groups in total. The zero-order valence-electron chi connectivity index (χ0n) is 12.0. The molecule has 0 spiro atoms. The molecule has 3 nitrogen and oxygen atoms in total. The standard InChI is InChI=1S/C16H19BrN2O/c1-11-5-4-6-14(18-11)10-19(3)16-8-7-13(17)9-15(16)12(2)20/h4-9,12,20H,10H2,1-3H3. The molecule has 1 heterocycles. The molecule has 0 aliphatic rings. The molecule has 0 bridgehead atoms. The fraction of sp³-hybridized carbons (Fsp3) is 0.312. The largest absolute Gasteiger partial charge is 0.389 e. The van der Waals surface area contributed by atoms with Crippen molar-refractivity contribution in [2.24, 2.45) is 0 Å². The third-order valence-corrected chi connectivity index (χ3v) is 3.69. The molecule has 0 fully saturated rings. The molecule has 1 aromatic heterocycles. The van der Waals surface area contributed by atoms with Crippen LogP contribution in [0.15, 0.2) is 40.9 Å². The summed E-state index contributed by atoms with van der Waals surface area (Å²) in [5.74, 6) is 0. The van der Waals surface area contributed by atoms with Crippen LogP contribution < -0.4 is 4.90 Å². The molecule has 2 aromatic rings. The molecule has 2 rings (SSSR count). The van der Waals surface area contributed by atoms with Gasteiger partial charge < -0.3 is 10.0 Å². The predicted molar refractivity (Wildman–Crippen MR) is 85.9 cm³/mol. The topological polar surface area (TPSA) is 36.4 Å². The number of aryl methyl sites for hydroxylation is 1. The van der Waals surface area contributed by atoms with Gasteiger partial charge in [0.1, 0.15) is 0 Å². The number of nitrogens with zero attached hydrogens (tertiary/aromatic N) is 2. The molecule has 20 heavy (non-hydrogen) atoms. The smallest absolute Gasteiger partial charge is 0.0782 e. The van der Waals surface area contributed by atoms with Crippen LogP contribution in [0.5, 0.6) is 0 Å². The lowest BCUT2D eigenvalue weighted by Crippen LogP contribution is -2.19. The number of benzene rings is 1. The van der Waals surface area contributed by atoms with Crippen LogP contribution in [0.2, 0.25) is 0 Å². The van der Waals surface area contributed by atoms with Gasteiger partial charge in [0.05, 0.1) is 18.3 Å². The molecular weight excluding hydrogens is 316 g/mol. The second kappa shape index (κ2) is 6.37. The fourth-order valence-corrected chi connectivity index (χ4v) is 2.60. The minimum atomic E-state index is -0.504. The van der Waals surface area contributed by atoms with Crippen molar-refractivity contribution in [3.63, 3.8) is 0 Å². The predicted octanol–water partition coefficient (Wildman–Crippen LogP) is 3.84. The zero-order chi connectivity index (χ0) is 14.7. The number of anilines is 1. The first-order valence-electron chi connectivity index (χ1n) is 6.58. The minimum absolute atomic E-state index is 0.504. The lowest BCUT2D eigenvalue weighted by atomic mass is 10.1. The molecule has 4 heteroatoms. The number of hydrogen-bond donors (Lipinski definition) is 1. The quantitative estimate of drug-likeness (QED) is 0.922. The van der Waals surface area contributed by atoms with Gasteiger partial charge in [0, 0.05) is 28.5 Å². The highest BCUT2D eigenvalue weighted by Crippen LogP contribution is 2.29. The molecule has 0 amide bonds. The van der Waals surface area contributed by atoms with Crippen molar-refractivity contribution >= 4 is 21.6 Å². The number of aromatic nitrogens is 1. The molecule has 1 atom stereocenters. The van der Waals surface area contributed by atoms with Crippen molar-refractivity contribution in [1.82, 2.24) is 4.98 Å². The Hall–Kier alpha value is -1.39. The Labute approximate surface area is 128 Å². The zero-order valence-corrected chi connectivity index (χ0v) is 13.6. The third kappa shape index (κ3) is 3.58. The normalized spacial score (nSPS) is 12.2. The molecule has 0 radical (unpaired) electrons. The minimum Gasteiger partial charge on any atom is -0.389 e. The van der Waals surface area contributed by atoms with Crippen LogP contribution in [-0.4, -0.2) is 17.1 Å². The van der Waals surface area contributed by atoms with Crippen LogP contribution in [0, 0.1) is 6.92 Å². The summed E-state index contributed by atoms with van der Waals surface area (Å²) in [4.78, 5) is 6.62. The summed E-state index contributed by atoms with van der Waals surface area (Å²) in [6.07, 6.45) is -0.504. The van der Waals surface area contributed by atoms with Gasteiger partial charge in [0.15, 0.2) is 0 Å². The first-order chi connectivity index (χ1) is 9.47. The van der Waals surface area contributed by atoms with Crippen molar-refractivity contribution in [3.05, 3.63) is 57.8 Å². The van der Waals surface area contributed by atoms with Gasteiger partial charge in [-0.05, 0) is 44.2 Å². The highest BCUT2D eigenvalue weighted by atomic mass is 79.9. The molecule has 0 aliphatic heterocycles. The monoisotopic (exact) mass is 334 g/mol. The third-order valence-electron chi connectivity index (χ3n) is 3.20. The van der Waals surface area contributed by atoms with Gasteiger partial charge in [-0.3, -0.25) is 4.98 Å². The first-order valence-corrected chi connectivity index (χ1v) is 7.38. The summed E-state index contributed by atoms with van der Waals surface area (Å²) in [7, 11) is 2.01. The molecule has 1 unspecified atom stereocenters.